The molecule has 1 aromatic heterocycles. The number of thioether (sulfide) groups is 1. The highest BCUT2D eigenvalue weighted by Gasteiger charge is 2.34. The molecule has 1 aromatic rings. The second-order valence-electron chi connectivity index (χ2n) is 6.65. The van der Waals surface area contributed by atoms with Gasteiger partial charge in [-0.1, -0.05) is 41.5 Å². The maximum absolute atomic E-state index is 4.82. The van der Waals surface area contributed by atoms with Gasteiger partial charge in [0.05, 0.1) is 17.3 Å². The predicted molar refractivity (Wildman–Crippen MR) is 70.9 cm³/mol. The van der Waals surface area contributed by atoms with E-state index >= 15 is 0 Å². The molecule has 0 atom stereocenters. The van der Waals surface area contributed by atoms with E-state index in [2.05, 4.69) is 46.2 Å². The molecule has 2 rings (SSSR count). The van der Waals surface area contributed by atoms with E-state index in [9.17, 15) is 0 Å². The van der Waals surface area contributed by atoms with Crippen LogP contribution < -0.4 is 0 Å². The maximum Gasteiger partial charge on any atom is 0.0870 e. The molecule has 0 bridgehead atoms. The van der Waals surface area contributed by atoms with Crippen LogP contribution >= 0.6 is 11.8 Å². The minimum absolute atomic E-state index is 0.143. The Balaban J connectivity index is 2.63. The fourth-order valence-corrected chi connectivity index (χ4v) is 3.26. The smallest absolute Gasteiger partial charge is 0.0870 e. The molecule has 0 saturated carbocycles. The largest absolute Gasteiger partial charge is 0.258 e. The lowest BCUT2D eigenvalue weighted by atomic mass is 9.78. The van der Waals surface area contributed by atoms with Crippen molar-refractivity contribution in [2.75, 3.05) is 0 Å². The molecule has 0 fully saturated rings. The Hall–Kier alpha value is -0.440. The molecule has 0 saturated heterocycles. The molecule has 90 valence electrons. The fraction of sp³-hybridized carbons (Fsp3) is 0.769. The average molecular weight is 238 g/mol. The van der Waals surface area contributed by atoms with Gasteiger partial charge in [0.25, 0.3) is 0 Å². The van der Waals surface area contributed by atoms with E-state index in [-0.39, 0.29) is 10.8 Å². The highest BCUT2D eigenvalue weighted by atomic mass is 32.2. The first kappa shape index (κ1) is 12.0. The average Bonchev–Trinajstić information content (AvgIpc) is 2.53. The standard InChI is InChI=1S/C13H22N2S/c1-12(2,3)10-9-7-16-8-15(9)14-11(10)13(4,5)6/h7-8H2,1-6H3. The van der Waals surface area contributed by atoms with Gasteiger partial charge >= 0.3 is 0 Å². The van der Waals surface area contributed by atoms with Gasteiger partial charge in [-0.15, -0.1) is 11.8 Å². The van der Waals surface area contributed by atoms with Gasteiger partial charge in [0.1, 0.15) is 0 Å². The molecule has 2 heterocycles. The second kappa shape index (κ2) is 3.52. The van der Waals surface area contributed by atoms with Crippen molar-refractivity contribution in [3.05, 3.63) is 17.0 Å². The summed E-state index contributed by atoms with van der Waals surface area (Å²) >= 11 is 1.96. The van der Waals surface area contributed by atoms with E-state index < -0.39 is 0 Å². The minimum atomic E-state index is 0.143. The molecule has 16 heavy (non-hydrogen) atoms. The summed E-state index contributed by atoms with van der Waals surface area (Å²) < 4.78 is 2.20. The Morgan fingerprint density at radius 3 is 2.19 bits per heavy atom. The minimum Gasteiger partial charge on any atom is -0.258 e. The first-order valence-electron chi connectivity index (χ1n) is 5.89. The van der Waals surface area contributed by atoms with Gasteiger partial charge in [0.2, 0.25) is 0 Å². The van der Waals surface area contributed by atoms with Gasteiger partial charge < -0.3 is 0 Å². The van der Waals surface area contributed by atoms with Crippen LogP contribution in [0.5, 0.6) is 0 Å². The van der Waals surface area contributed by atoms with Gasteiger partial charge in [-0.25, -0.2) is 0 Å². The van der Waals surface area contributed by atoms with Crippen LogP contribution in [-0.4, -0.2) is 9.78 Å². The number of hydrogen-bond donors (Lipinski definition) is 0. The van der Waals surface area contributed by atoms with Gasteiger partial charge in [-0.3, -0.25) is 4.68 Å². The first-order valence-corrected chi connectivity index (χ1v) is 7.05. The molecule has 0 spiro atoms. The lowest BCUT2D eigenvalue weighted by Gasteiger charge is -2.26. The van der Waals surface area contributed by atoms with E-state index in [0.717, 1.165) is 11.6 Å². The summed E-state index contributed by atoms with van der Waals surface area (Å²) in [5, 5.41) is 4.82. The van der Waals surface area contributed by atoms with E-state index in [1.54, 1.807) is 0 Å². The van der Waals surface area contributed by atoms with Crippen molar-refractivity contribution in [1.29, 1.82) is 0 Å². The number of hydrogen-bond acceptors (Lipinski definition) is 2. The zero-order valence-electron chi connectivity index (χ0n) is 11.2. The summed E-state index contributed by atoms with van der Waals surface area (Å²) in [7, 11) is 0. The Morgan fingerprint density at radius 2 is 1.69 bits per heavy atom. The third kappa shape index (κ3) is 1.90. The molecule has 0 radical (unpaired) electrons. The van der Waals surface area contributed by atoms with Crippen molar-refractivity contribution < 1.29 is 0 Å². The Morgan fingerprint density at radius 1 is 1.06 bits per heavy atom. The molecule has 3 heteroatoms. The van der Waals surface area contributed by atoms with Crippen LogP contribution in [0.25, 0.3) is 0 Å². The van der Waals surface area contributed by atoms with Crippen molar-refractivity contribution in [3.63, 3.8) is 0 Å². The maximum atomic E-state index is 4.82. The summed E-state index contributed by atoms with van der Waals surface area (Å²) in [5.74, 6) is 2.14. The van der Waals surface area contributed by atoms with Crippen LogP contribution in [0.4, 0.5) is 0 Å². The van der Waals surface area contributed by atoms with Crippen LogP contribution in [-0.2, 0) is 22.5 Å². The van der Waals surface area contributed by atoms with Gasteiger partial charge in [-0.05, 0) is 5.41 Å². The number of aromatic nitrogens is 2. The highest BCUT2D eigenvalue weighted by Crippen LogP contribution is 2.39. The normalized spacial score (nSPS) is 16.6. The topological polar surface area (TPSA) is 17.8 Å². The lowest BCUT2D eigenvalue weighted by Crippen LogP contribution is -2.22. The SMILES string of the molecule is CC(C)(C)c1nn2c(c1C(C)(C)C)CSC2. The number of nitrogens with zero attached hydrogens (tertiary/aromatic N) is 2. The lowest BCUT2D eigenvalue weighted by molar-refractivity contribution is 0.515. The quantitative estimate of drug-likeness (QED) is 0.686. The van der Waals surface area contributed by atoms with Crippen molar-refractivity contribution in [2.24, 2.45) is 0 Å². The fourth-order valence-electron chi connectivity index (χ4n) is 2.29. The van der Waals surface area contributed by atoms with Gasteiger partial charge in [0.15, 0.2) is 0 Å². The van der Waals surface area contributed by atoms with Gasteiger partial charge in [-0.2, -0.15) is 5.10 Å². The molecule has 0 N–H and O–H groups in total. The zero-order chi connectivity index (χ0) is 12.1. The summed E-state index contributed by atoms with van der Waals surface area (Å²) in [6.07, 6.45) is 0. The van der Waals surface area contributed by atoms with Crippen LogP contribution in [0.1, 0.15) is 58.5 Å². The molecule has 1 aliphatic rings. The molecular weight excluding hydrogens is 216 g/mol. The van der Waals surface area contributed by atoms with Crippen molar-refractivity contribution in [2.45, 2.75) is 64.0 Å². The zero-order valence-corrected chi connectivity index (χ0v) is 12.0. The summed E-state index contributed by atoms with van der Waals surface area (Å²) in [6, 6.07) is 0. The van der Waals surface area contributed by atoms with Crippen molar-refractivity contribution in [1.82, 2.24) is 9.78 Å². The number of rotatable bonds is 0. The molecular formula is C13H22N2S. The third-order valence-corrected chi connectivity index (χ3v) is 3.88. The van der Waals surface area contributed by atoms with Gasteiger partial charge in [0, 0.05) is 16.7 Å². The third-order valence-electron chi connectivity index (χ3n) is 2.97. The highest BCUT2D eigenvalue weighted by molar-refractivity contribution is 7.97. The Kier molecular flexibility index (Phi) is 2.65. The first-order chi connectivity index (χ1) is 7.21. The van der Waals surface area contributed by atoms with Crippen molar-refractivity contribution in [3.8, 4) is 0 Å². The summed E-state index contributed by atoms with van der Waals surface area (Å²) in [6.45, 7) is 13.7. The molecule has 0 aliphatic carbocycles. The molecule has 0 unspecified atom stereocenters. The van der Waals surface area contributed by atoms with Crippen LogP contribution in [0, 0.1) is 0 Å². The summed E-state index contributed by atoms with van der Waals surface area (Å²) in [5.41, 5.74) is 4.55. The number of fused-ring (bicyclic) bond motifs is 1. The van der Waals surface area contributed by atoms with Crippen LogP contribution in [0.3, 0.4) is 0 Å². The molecule has 2 nitrogen and oxygen atoms in total. The van der Waals surface area contributed by atoms with Crippen LogP contribution in [0.15, 0.2) is 0 Å². The van der Waals surface area contributed by atoms with Crippen molar-refractivity contribution >= 4 is 11.8 Å². The monoisotopic (exact) mass is 238 g/mol. The Bertz CT molecular complexity index is 405. The summed E-state index contributed by atoms with van der Waals surface area (Å²) in [4.78, 5) is 0. The second-order valence-corrected chi connectivity index (χ2v) is 7.60. The van der Waals surface area contributed by atoms with E-state index in [1.807, 2.05) is 11.8 Å². The molecule has 1 aliphatic heterocycles. The molecule has 0 amide bonds. The van der Waals surface area contributed by atoms with E-state index in [1.165, 1.54) is 17.0 Å². The van der Waals surface area contributed by atoms with Crippen LogP contribution in [0.2, 0.25) is 0 Å². The Labute approximate surface area is 103 Å². The van der Waals surface area contributed by atoms with E-state index in [4.69, 9.17) is 5.10 Å². The van der Waals surface area contributed by atoms with E-state index in [0.29, 0.717) is 0 Å². The predicted octanol–water partition coefficient (Wildman–Crippen LogP) is 3.68. The molecule has 0 aromatic carbocycles.